The number of carbonyl (C=O) groups is 1. The molecule has 0 bridgehead atoms. The number of allylic oxidation sites excluding steroid dienone is 1. The van der Waals surface area contributed by atoms with Gasteiger partial charge in [-0.15, -0.1) is 0 Å². The molecule has 1 N–H and O–H groups in total. The number of carbonyl (C=O) groups excluding carboxylic acids is 1. The van der Waals surface area contributed by atoms with E-state index >= 15 is 0 Å². The van der Waals surface area contributed by atoms with E-state index in [1.807, 2.05) is 43.5 Å². The fourth-order valence-electron chi connectivity index (χ4n) is 3.60. The number of aliphatic imine (C=N–C) groups is 1. The van der Waals surface area contributed by atoms with Crippen molar-refractivity contribution < 1.29 is 23.7 Å². The summed E-state index contributed by atoms with van der Waals surface area (Å²) in [7, 11) is 0. The Kier molecular flexibility index (Phi) is 5.55. The highest BCUT2D eigenvalue weighted by atomic mass is 32.2. The molecule has 3 aliphatic heterocycles. The molecule has 0 saturated heterocycles. The highest BCUT2D eigenvalue weighted by Gasteiger charge is 2.34. The number of benzene rings is 2. The Morgan fingerprint density at radius 2 is 2.00 bits per heavy atom. The molecule has 0 saturated carbocycles. The fraction of sp³-hybridized carbons (Fsp3) is 0.208. The molecule has 0 aromatic heterocycles. The smallest absolute Gasteiger partial charge is 0.283 e. The normalized spacial score (nSPS) is 17.8. The predicted molar refractivity (Wildman–Crippen MR) is 126 cm³/mol. The van der Waals surface area contributed by atoms with Gasteiger partial charge in [-0.2, -0.15) is 4.99 Å². The molecule has 3 heterocycles. The number of hydrogen-bond acceptors (Lipinski definition) is 7. The van der Waals surface area contributed by atoms with Crippen LogP contribution in [-0.4, -0.2) is 35.2 Å². The van der Waals surface area contributed by atoms with Crippen LogP contribution in [-0.2, 0) is 11.4 Å². The van der Waals surface area contributed by atoms with Crippen LogP contribution in [0.4, 0.5) is 0 Å². The van der Waals surface area contributed by atoms with Crippen molar-refractivity contribution in [2.24, 2.45) is 4.99 Å². The van der Waals surface area contributed by atoms with Gasteiger partial charge in [0.1, 0.15) is 12.4 Å². The summed E-state index contributed by atoms with van der Waals surface area (Å²) in [4.78, 5) is 18.3. The molecule has 2 aromatic carbocycles. The van der Waals surface area contributed by atoms with Crippen molar-refractivity contribution >= 4 is 34.7 Å². The van der Waals surface area contributed by atoms with Crippen molar-refractivity contribution in [3.63, 3.8) is 0 Å². The molecule has 0 aliphatic carbocycles. The maximum absolute atomic E-state index is 12.5. The Hall–Kier alpha value is -3.72. The Labute approximate surface area is 195 Å². The minimum Gasteiger partial charge on any atom is -0.490 e. The maximum Gasteiger partial charge on any atom is 0.283 e. The average Bonchev–Trinajstić information content (AvgIpc) is 3.42. The lowest BCUT2D eigenvalue weighted by atomic mass is 10.1. The quantitative estimate of drug-likeness (QED) is 0.628. The predicted octanol–water partition coefficient (Wildman–Crippen LogP) is 4.56. The van der Waals surface area contributed by atoms with Crippen LogP contribution in [0.5, 0.6) is 23.0 Å². The summed E-state index contributed by atoms with van der Waals surface area (Å²) in [5.74, 6) is 2.25. The monoisotopic (exact) mass is 463 g/mol. The van der Waals surface area contributed by atoms with Gasteiger partial charge < -0.3 is 18.9 Å². The Balaban J connectivity index is 1.38. The van der Waals surface area contributed by atoms with Gasteiger partial charge in [-0.05, 0) is 60.7 Å². The highest BCUT2D eigenvalue weighted by Crippen LogP contribution is 2.35. The van der Waals surface area contributed by atoms with Crippen LogP contribution in [0, 0.1) is 5.41 Å². The molecular formula is C24H21N3O5S. The molecule has 33 heavy (non-hydrogen) atoms. The lowest BCUT2D eigenvalue weighted by Gasteiger charge is -2.25. The summed E-state index contributed by atoms with van der Waals surface area (Å²) in [6, 6.07) is 11.1. The van der Waals surface area contributed by atoms with Gasteiger partial charge in [0, 0.05) is 5.70 Å². The summed E-state index contributed by atoms with van der Waals surface area (Å²) in [5, 5.41) is 10.9. The van der Waals surface area contributed by atoms with Gasteiger partial charge >= 0.3 is 0 Å². The molecule has 0 atom stereocenters. The van der Waals surface area contributed by atoms with E-state index < -0.39 is 5.91 Å². The Morgan fingerprint density at radius 3 is 2.85 bits per heavy atom. The minimum atomic E-state index is -0.428. The average molecular weight is 464 g/mol. The Morgan fingerprint density at radius 1 is 1.15 bits per heavy atom. The van der Waals surface area contributed by atoms with E-state index in [2.05, 4.69) is 4.99 Å². The van der Waals surface area contributed by atoms with Crippen LogP contribution < -0.4 is 18.9 Å². The van der Waals surface area contributed by atoms with Crippen molar-refractivity contribution in [2.45, 2.75) is 20.5 Å². The van der Waals surface area contributed by atoms with Gasteiger partial charge in [0.2, 0.25) is 6.79 Å². The number of hydrogen-bond donors (Lipinski definition) is 1. The zero-order valence-corrected chi connectivity index (χ0v) is 18.9. The number of ether oxygens (including phenoxy) is 4. The second kappa shape index (κ2) is 8.67. The van der Waals surface area contributed by atoms with Crippen LogP contribution in [0.2, 0.25) is 0 Å². The lowest BCUT2D eigenvalue weighted by molar-refractivity contribution is -0.114. The molecule has 1 amide bonds. The molecule has 5 rings (SSSR count). The first-order chi connectivity index (χ1) is 16.0. The largest absolute Gasteiger partial charge is 0.490 e. The van der Waals surface area contributed by atoms with Crippen molar-refractivity contribution in [3.8, 4) is 23.0 Å². The standard InChI is InChI=1S/C24H21N3O5S/c1-3-29-20-9-15(8-17-22(25)27-14(2)12-33-24(27)26-23(17)28)4-6-18(20)30-11-16-5-7-19-21(10-16)32-13-31-19/h4-10,12,25H,3,11,13H2,1-2H3/b17-8+,25-22?. The van der Waals surface area contributed by atoms with E-state index in [1.54, 1.807) is 23.1 Å². The van der Waals surface area contributed by atoms with Gasteiger partial charge in [-0.1, -0.05) is 23.9 Å². The molecule has 2 aromatic rings. The number of thioether (sulfide) groups is 1. The molecule has 0 spiro atoms. The second-order valence-corrected chi connectivity index (χ2v) is 8.27. The van der Waals surface area contributed by atoms with Gasteiger partial charge in [0.15, 0.2) is 28.2 Å². The van der Waals surface area contributed by atoms with E-state index in [0.717, 1.165) is 17.0 Å². The fourth-order valence-corrected chi connectivity index (χ4v) is 4.46. The summed E-state index contributed by atoms with van der Waals surface area (Å²) in [5.41, 5.74) is 2.75. The van der Waals surface area contributed by atoms with Crippen molar-refractivity contribution in [3.05, 3.63) is 64.2 Å². The lowest BCUT2D eigenvalue weighted by Crippen LogP contribution is -2.37. The number of rotatable bonds is 6. The second-order valence-electron chi connectivity index (χ2n) is 7.43. The summed E-state index contributed by atoms with van der Waals surface area (Å²) in [6.07, 6.45) is 1.66. The first kappa shape index (κ1) is 21.1. The molecule has 0 unspecified atom stereocenters. The first-order valence-electron chi connectivity index (χ1n) is 10.4. The van der Waals surface area contributed by atoms with Gasteiger partial charge in [-0.3, -0.25) is 15.1 Å². The zero-order chi connectivity index (χ0) is 22.9. The molecule has 9 heteroatoms. The van der Waals surface area contributed by atoms with E-state index in [1.165, 1.54) is 11.8 Å². The number of amidine groups is 2. The number of amides is 1. The van der Waals surface area contributed by atoms with Gasteiger partial charge in [0.05, 0.1) is 12.2 Å². The summed E-state index contributed by atoms with van der Waals surface area (Å²) >= 11 is 1.34. The van der Waals surface area contributed by atoms with Crippen LogP contribution in [0.3, 0.4) is 0 Å². The molecular weight excluding hydrogens is 442 g/mol. The van der Waals surface area contributed by atoms with E-state index in [9.17, 15) is 4.79 Å². The maximum atomic E-state index is 12.5. The molecule has 0 radical (unpaired) electrons. The Bertz CT molecular complexity index is 1250. The van der Waals surface area contributed by atoms with Crippen molar-refractivity contribution in [1.29, 1.82) is 5.41 Å². The van der Waals surface area contributed by atoms with E-state index in [-0.39, 0.29) is 18.2 Å². The van der Waals surface area contributed by atoms with E-state index in [0.29, 0.717) is 41.2 Å². The third kappa shape index (κ3) is 4.07. The SMILES string of the molecule is CCOc1cc(/C=C2\C(=N)N3C(C)=CSC3=NC2=O)ccc1OCc1ccc2c(c1)OCO2. The zero-order valence-electron chi connectivity index (χ0n) is 18.1. The summed E-state index contributed by atoms with van der Waals surface area (Å²) < 4.78 is 22.5. The van der Waals surface area contributed by atoms with Crippen LogP contribution >= 0.6 is 11.8 Å². The summed E-state index contributed by atoms with van der Waals surface area (Å²) in [6.45, 7) is 4.79. The topological polar surface area (TPSA) is 93.4 Å². The van der Waals surface area contributed by atoms with Crippen LogP contribution in [0.1, 0.15) is 25.0 Å². The van der Waals surface area contributed by atoms with Crippen LogP contribution in [0.15, 0.2) is 58.1 Å². The minimum absolute atomic E-state index is 0.116. The number of fused-ring (bicyclic) bond motifs is 2. The van der Waals surface area contributed by atoms with Crippen LogP contribution in [0.25, 0.3) is 6.08 Å². The number of nitrogens with one attached hydrogen (secondary N) is 1. The molecule has 0 fully saturated rings. The molecule has 168 valence electrons. The first-order valence-corrected chi connectivity index (χ1v) is 11.3. The van der Waals surface area contributed by atoms with Gasteiger partial charge in [0.25, 0.3) is 5.91 Å². The molecule has 8 nitrogen and oxygen atoms in total. The van der Waals surface area contributed by atoms with Gasteiger partial charge in [-0.25, -0.2) is 0 Å². The van der Waals surface area contributed by atoms with E-state index in [4.69, 9.17) is 24.4 Å². The van der Waals surface area contributed by atoms with Crippen molar-refractivity contribution in [2.75, 3.05) is 13.4 Å². The molecule has 3 aliphatic rings. The number of nitrogens with zero attached hydrogens (tertiary/aromatic N) is 2. The third-order valence-corrected chi connectivity index (χ3v) is 6.14. The highest BCUT2D eigenvalue weighted by molar-refractivity contribution is 8.16. The third-order valence-electron chi connectivity index (χ3n) is 5.20. The van der Waals surface area contributed by atoms with Crippen molar-refractivity contribution in [1.82, 2.24) is 4.90 Å².